The summed E-state index contributed by atoms with van der Waals surface area (Å²) in [5.74, 6) is 0.200. The summed E-state index contributed by atoms with van der Waals surface area (Å²) in [6.07, 6.45) is 0.654. The second kappa shape index (κ2) is 6.71. The highest BCUT2D eigenvalue weighted by Gasteiger charge is 2.28. The van der Waals surface area contributed by atoms with Gasteiger partial charge in [0.05, 0.1) is 22.7 Å². The van der Waals surface area contributed by atoms with Crippen LogP contribution in [0.3, 0.4) is 0 Å². The molecule has 1 heterocycles. The van der Waals surface area contributed by atoms with Gasteiger partial charge in [0.15, 0.2) is 0 Å². The second-order valence-corrected chi connectivity index (χ2v) is 8.02. The summed E-state index contributed by atoms with van der Waals surface area (Å²) in [5.41, 5.74) is 2.79. The largest absolute Gasteiger partial charge is 0.380 e. The fourth-order valence-electron chi connectivity index (χ4n) is 2.71. The standard InChI is InChI=1S/C17H16ClN3O2S/c18-15-5-6-17(14(10-15)11-19)20-12-13-3-1-4-16(9-13)21-7-2-8-24(21,22)23/h1,3-6,9-10,20H,2,7-8,12H2. The number of nitrogens with one attached hydrogen (secondary N) is 1. The number of rotatable bonds is 4. The lowest BCUT2D eigenvalue weighted by atomic mass is 10.1. The Hall–Kier alpha value is -2.23. The SMILES string of the molecule is N#Cc1cc(Cl)ccc1NCc1cccc(N2CCCS2(=O)=O)c1. The van der Waals surface area contributed by atoms with Crippen LogP contribution in [0.25, 0.3) is 0 Å². The molecule has 0 bridgehead atoms. The molecular weight excluding hydrogens is 346 g/mol. The molecule has 124 valence electrons. The molecule has 1 aliphatic rings. The zero-order chi connectivity index (χ0) is 17.2. The summed E-state index contributed by atoms with van der Waals surface area (Å²) in [5, 5.41) is 12.9. The Labute approximate surface area is 146 Å². The maximum Gasteiger partial charge on any atom is 0.235 e. The van der Waals surface area contributed by atoms with Crippen molar-refractivity contribution < 1.29 is 8.42 Å². The van der Waals surface area contributed by atoms with E-state index in [0.29, 0.717) is 41.5 Å². The van der Waals surface area contributed by atoms with Gasteiger partial charge >= 0.3 is 0 Å². The number of benzene rings is 2. The Morgan fingerprint density at radius 3 is 2.79 bits per heavy atom. The van der Waals surface area contributed by atoms with E-state index in [1.807, 2.05) is 18.2 Å². The van der Waals surface area contributed by atoms with E-state index in [1.54, 1.807) is 24.3 Å². The average molecular weight is 362 g/mol. The highest BCUT2D eigenvalue weighted by Crippen LogP contribution is 2.25. The first-order chi connectivity index (χ1) is 11.5. The molecule has 0 radical (unpaired) electrons. The molecule has 1 saturated heterocycles. The number of anilines is 2. The van der Waals surface area contributed by atoms with Crippen molar-refractivity contribution in [3.8, 4) is 6.07 Å². The molecule has 0 atom stereocenters. The molecule has 1 N–H and O–H groups in total. The van der Waals surface area contributed by atoms with Crippen molar-refractivity contribution in [1.29, 1.82) is 5.26 Å². The third-order valence-corrected chi connectivity index (χ3v) is 5.99. The third-order valence-electron chi connectivity index (χ3n) is 3.88. The first-order valence-corrected chi connectivity index (χ1v) is 9.51. The predicted octanol–water partition coefficient (Wildman–Crippen LogP) is 3.36. The predicted molar refractivity (Wildman–Crippen MR) is 95.7 cm³/mol. The van der Waals surface area contributed by atoms with Gasteiger partial charge in [0.1, 0.15) is 6.07 Å². The molecule has 2 aromatic carbocycles. The Morgan fingerprint density at radius 2 is 2.08 bits per heavy atom. The Kier molecular flexibility index (Phi) is 4.65. The van der Waals surface area contributed by atoms with Crippen LogP contribution in [-0.4, -0.2) is 20.7 Å². The second-order valence-electron chi connectivity index (χ2n) is 5.57. The summed E-state index contributed by atoms with van der Waals surface area (Å²) in [6.45, 7) is 1.01. The Balaban J connectivity index is 1.78. The lowest BCUT2D eigenvalue weighted by Crippen LogP contribution is -2.25. The lowest BCUT2D eigenvalue weighted by molar-refractivity contribution is 0.599. The molecule has 2 aromatic rings. The van der Waals surface area contributed by atoms with E-state index in [4.69, 9.17) is 16.9 Å². The number of sulfonamides is 1. The fourth-order valence-corrected chi connectivity index (χ4v) is 4.44. The minimum atomic E-state index is -3.18. The van der Waals surface area contributed by atoms with Gasteiger partial charge in [-0.15, -0.1) is 0 Å². The molecule has 0 saturated carbocycles. The number of halogens is 1. The molecule has 0 aromatic heterocycles. The fraction of sp³-hybridized carbons (Fsp3) is 0.235. The van der Waals surface area contributed by atoms with E-state index < -0.39 is 10.0 Å². The molecule has 0 unspecified atom stereocenters. The highest BCUT2D eigenvalue weighted by molar-refractivity contribution is 7.93. The van der Waals surface area contributed by atoms with Crippen molar-refractivity contribution in [3.63, 3.8) is 0 Å². The van der Waals surface area contributed by atoms with Crippen molar-refractivity contribution in [1.82, 2.24) is 0 Å². The summed E-state index contributed by atoms with van der Waals surface area (Å²) in [6, 6.07) is 14.6. The van der Waals surface area contributed by atoms with Crippen LogP contribution < -0.4 is 9.62 Å². The van der Waals surface area contributed by atoms with Crippen LogP contribution in [0.5, 0.6) is 0 Å². The Bertz CT molecular complexity index is 906. The van der Waals surface area contributed by atoms with Gasteiger partial charge in [-0.1, -0.05) is 23.7 Å². The molecule has 0 amide bonds. The third kappa shape index (κ3) is 3.48. The molecule has 1 aliphatic heterocycles. The van der Waals surface area contributed by atoms with Crippen LogP contribution in [0.2, 0.25) is 5.02 Å². The van der Waals surface area contributed by atoms with Crippen molar-refractivity contribution in [2.75, 3.05) is 21.9 Å². The van der Waals surface area contributed by atoms with Gasteiger partial charge in [-0.3, -0.25) is 4.31 Å². The van der Waals surface area contributed by atoms with Crippen molar-refractivity contribution >= 4 is 33.0 Å². The molecule has 0 spiro atoms. The summed E-state index contributed by atoms with van der Waals surface area (Å²) in [4.78, 5) is 0. The summed E-state index contributed by atoms with van der Waals surface area (Å²) < 4.78 is 25.5. The summed E-state index contributed by atoms with van der Waals surface area (Å²) in [7, 11) is -3.18. The van der Waals surface area contributed by atoms with E-state index in [0.717, 1.165) is 5.56 Å². The quantitative estimate of drug-likeness (QED) is 0.906. The Morgan fingerprint density at radius 1 is 1.25 bits per heavy atom. The van der Waals surface area contributed by atoms with E-state index >= 15 is 0 Å². The van der Waals surface area contributed by atoms with Crippen LogP contribution >= 0.6 is 11.6 Å². The van der Waals surface area contributed by atoms with Gasteiger partial charge in [0, 0.05) is 18.1 Å². The van der Waals surface area contributed by atoms with Crippen LogP contribution in [0, 0.1) is 11.3 Å². The lowest BCUT2D eigenvalue weighted by Gasteiger charge is -2.18. The van der Waals surface area contributed by atoms with Crippen LogP contribution in [-0.2, 0) is 16.6 Å². The number of nitriles is 1. The highest BCUT2D eigenvalue weighted by atomic mass is 35.5. The summed E-state index contributed by atoms with van der Waals surface area (Å²) >= 11 is 5.89. The van der Waals surface area contributed by atoms with Crippen LogP contribution in [0.1, 0.15) is 17.5 Å². The van der Waals surface area contributed by atoms with Crippen molar-refractivity contribution in [2.24, 2.45) is 0 Å². The molecule has 3 rings (SSSR count). The molecule has 24 heavy (non-hydrogen) atoms. The molecule has 5 nitrogen and oxygen atoms in total. The van der Waals surface area contributed by atoms with Gasteiger partial charge in [-0.05, 0) is 42.3 Å². The van der Waals surface area contributed by atoms with Gasteiger partial charge in [-0.25, -0.2) is 8.42 Å². The van der Waals surface area contributed by atoms with Gasteiger partial charge in [0.2, 0.25) is 10.0 Å². The first-order valence-electron chi connectivity index (χ1n) is 7.52. The molecule has 1 fully saturated rings. The van der Waals surface area contributed by atoms with Crippen LogP contribution in [0.15, 0.2) is 42.5 Å². The van der Waals surface area contributed by atoms with Crippen molar-refractivity contribution in [2.45, 2.75) is 13.0 Å². The maximum atomic E-state index is 12.0. The monoisotopic (exact) mass is 361 g/mol. The maximum absolute atomic E-state index is 12.0. The van der Waals surface area contributed by atoms with E-state index in [-0.39, 0.29) is 5.75 Å². The molecule has 0 aliphatic carbocycles. The normalized spacial score (nSPS) is 15.9. The van der Waals surface area contributed by atoms with Gasteiger partial charge in [-0.2, -0.15) is 5.26 Å². The minimum absolute atomic E-state index is 0.200. The van der Waals surface area contributed by atoms with Gasteiger partial charge in [0.25, 0.3) is 0 Å². The smallest absolute Gasteiger partial charge is 0.235 e. The topological polar surface area (TPSA) is 73.2 Å². The number of hydrogen-bond acceptors (Lipinski definition) is 4. The number of nitrogens with zero attached hydrogens (tertiary/aromatic N) is 2. The zero-order valence-electron chi connectivity index (χ0n) is 12.9. The molecule has 7 heteroatoms. The number of hydrogen-bond donors (Lipinski definition) is 1. The van der Waals surface area contributed by atoms with E-state index in [2.05, 4.69) is 11.4 Å². The van der Waals surface area contributed by atoms with Crippen molar-refractivity contribution in [3.05, 3.63) is 58.6 Å². The van der Waals surface area contributed by atoms with E-state index in [9.17, 15) is 8.42 Å². The van der Waals surface area contributed by atoms with Gasteiger partial charge < -0.3 is 5.32 Å². The first kappa shape index (κ1) is 16.6. The average Bonchev–Trinajstić information content (AvgIpc) is 2.93. The minimum Gasteiger partial charge on any atom is -0.380 e. The zero-order valence-corrected chi connectivity index (χ0v) is 14.4. The molecular formula is C17H16ClN3O2S. The van der Waals surface area contributed by atoms with E-state index in [1.165, 1.54) is 4.31 Å². The van der Waals surface area contributed by atoms with Crippen LogP contribution in [0.4, 0.5) is 11.4 Å².